The van der Waals surface area contributed by atoms with E-state index >= 15 is 0 Å². The second-order valence-corrected chi connectivity index (χ2v) is 7.00. The number of benzene rings is 2. The van der Waals surface area contributed by atoms with Crippen LogP contribution in [0.5, 0.6) is 11.5 Å². The molecule has 0 unspecified atom stereocenters. The molecule has 3 aromatic rings. The van der Waals surface area contributed by atoms with Crippen molar-refractivity contribution in [3.05, 3.63) is 53.6 Å². The van der Waals surface area contributed by atoms with E-state index in [0.29, 0.717) is 19.6 Å². The second-order valence-electron chi connectivity index (χ2n) is 7.00. The minimum atomic E-state index is 0.0778. The summed E-state index contributed by atoms with van der Waals surface area (Å²) in [7, 11) is 3.54. The standard InChI is InChI=1S/C22H22N2O3/c1-14-10-18(16-5-7-20-21(13-16)27-9-8-26-20)23-19-11-15(4-6-17(14)19)12-22(25)24(2)3/h4-7,10-11,13H,8-9,12H2,1-3H3. The predicted octanol–water partition coefficient (Wildman–Crippen LogP) is 3.61. The Kier molecular flexibility index (Phi) is 4.44. The molecule has 2 heterocycles. The number of rotatable bonds is 3. The van der Waals surface area contributed by atoms with E-state index in [4.69, 9.17) is 14.5 Å². The number of carbonyl (C=O) groups is 1. The maximum atomic E-state index is 12.0. The summed E-state index contributed by atoms with van der Waals surface area (Å²) < 4.78 is 11.3. The molecule has 0 saturated heterocycles. The van der Waals surface area contributed by atoms with E-state index in [1.165, 1.54) is 0 Å². The van der Waals surface area contributed by atoms with Gasteiger partial charge in [0.15, 0.2) is 11.5 Å². The van der Waals surface area contributed by atoms with E-state index in [1.807, 2.05) is 36.4 Å². The van der Waals surface area contributed by atoms with Crippen LogP contribution in [0.25, 0.3) is 22.2 Å². The van der Waals surface area contributed by atoms with Crippen molar-refractivity contribution in [2.24, 2.45) is 0 Å². The zero-order valence-corrected chi connectivity index (χ0v) is 15.8. The zero-order chi connectivity index (χ0) is 19.0. The highest BCUT2D eigenvalue weighted by Gasteiger charge is 2.14. The first-order valence-corrected chi connectivity index (χ1v) is 9.02. The first kappa shape index (κ1) is 17.3. The fourth-order valence-electron chi connectivity index (χ4n) is 3.24. The molecule has 0 saturated carbocycles. The second kappa shape index (κ2) is 6.91. The van der Waals surface area contributed by atoms with Crippen molar-refractivity contribution >= 4 is 16.8 Å². The van der Waals surface area contributed by atoms with Gasteiger partial charge in [-0.25, -0.2) is 4.98 Å². The lowest BCUT2D eigenvalue weighted by atomic mass is 10.0. The molecule has 1 amide bonds. The van der Waals surface area contributed by atoms with Crippen molar-refractivity contribution in [2.75, 3.05) is 27.3 Å². The molecule has 1 aliphatic rings. The summed E-state index contributed by atoms with van der Waals surface area (Å²) in [5, 5.41) is 1.09. The molecule has 138 valence electrons. The summed E-state index contributed by atoms with van der Waals surface area (Å²) in [6.07, 6.45) is 0.373. The van der Waals surface area contributed by atoms with Crippen LogP contribution in [0.3, 0.4) is 0 Å². The number of aryl methyl sites for hydroxylation is 1. The highest BCUT2D eigenvalue weighted by molar-refractivity contribution is 5.87. The molecule has 0 atom stereocenters. The summed E-state index contributed by atoms with van der Waals surface area (Å²) >= 11 is 0. The Balaban J connectivity index is 1.74. The minimum Gasteiger partial charge on any atom is -0.486 e. The van der Waals surface area contributed by atoms with Gasteiger partial charge < -0.3 is 14.4 Å². The molecular weight excluding hydrogens is 340 g/mol. The van der Waals surface area contributed by atoms with Gasteiger partial charge in [-0.3, -0.25) is 4.79 Å². The molecule has 1 aliphatic heterocycles. The molecule has 5 heteroatoms. The number of fused-ring (bicyclic) bond motifs is 2. The van der Waals surface area contributed by atoms with Crippen molar-refractivity contribution < 1.29 is 14.3 Å². The van der Waals surface area contributed by atoms with Crippen molar-refractivity contribution in [3.8, 4) is 22.8 Å². The molecule has 0 spiro atoms. The Morgan fingerprint density at radius 3 is 2.59 bits per heavy atom. The normalized spacial score (nSPS) is 12.9. The van der Waals surface area contributed by atoms with Crippen LogP contribution in [0.1, 0.15) is 11.1 Å². The molecule has 27 heavy (non-hydrogen) atoms. The summed E-state index contributed by atoms with van der Waals surface area (Å²) in [4.78, 5) is 18.5. The summed E-state index contributed by atoms with van der Waals surface area (Å²) in [6.45, 7) is 3.22. The van der Waals surface area contributed by atoms with Crippen LogP contribution in [-0.2, 0) is 11.2 Å². The predicted molar refractivity (Wildman–Crippen MR) is 105 cm³/mol. The van der Waals surface area contributed by atoms with Gasteiger partial charge in [0.25, 0.3) is 0 Å². The molecule has 0 aliphatic carbocycles. The SMILES string of the molecule is Cc1cc(-c2ccc3c(c2)OCCO3)nc2cc(CC(=O)N(C)C)ccc12. The molecule has 1 aromatic heterocycles. The largest absolute Gasteiger partial charge is 0.486 e. The zero-order valence-electron chi connectivity index (χ0n) is 15.8. The third-order valence-electron chi connectivity index (χ3n) is 4.77. The Labute approximate surface area is 158 Å². The number of hydrogen-bond donors (Lipinski definition) is 0. The van der Waals surface area contributed by atoms with Gasteiger partial charge in [-0.1, -0.05) is 12.1 Å². The molecule has 2 aromatic carbocycles. The molecule has 0 bridgehead atoms. The number of pyridine rings is 1. The van der Waals surface area contributed by atoms with Crippen molar-refractivity contribution in [2.45, 2.75) is 13.3 Å². The van der Waals surface area contributed by atoms with Gasteiger partial charge in [0.05, 0.1) is 17.6 Å². The highest BCUT2D eigenvalue weighted by Crippen LogP contribution is 2.35. The van der Waals surface area contributed by atoms with E-state index in [-0.39, 0.29) is 5.91 Å². The minimum absolute atomic E-state index is 0.0778. The number of nitrogens with zero attached hydrogens (tertiary/aromatic N) is 2. The van der Waals surface area contributed by atoms with Gasteiger partial charge >= 0.3 is 0 Å². The van der Waals surface area contributed by atoms with Gasteiger partial charge in [0.1, 0.15) is 13.2 Å². The van der Waals surface area contributed by atoms with E-state index in [0.717, 1.165) is 44.8 Å². The van der Waals surface area contributed by atoms with E-state index in [1.54, 1.807) is 19.0 Å². The lowest BCUT2D eigenvalue weighted by molar-refractivity contribution is -0.127. The van der Waals surface area contributed by atoms with Gasteiger partial charge in [-0.05, 0) is 48.4 Å². The number of carbonyl (C=O) groups excluding carboxylic acids is 1. The van der Waals surface area contributed by atoms with Gasteiger partial charge in [-0.15, -0.1) is 0 Å². The average Bonchev–Trinajstić information content (AvgIpc) is 2.67. The molecule has 0 fully saturated rings. The van der Waals surface area contributed by atoms with E-state index < -0.39 is 0 Å². The molecular formula is C22H22N2O3. The monoisotopic (exact) mass is 362 g/mol. The third-order valence-corrected chi connectivity index (χ3v) is 4.77. The summed E-state index contributed by atoms with van der Waals surface area (Å²) in [5.41, 5.74) is 4.87. The summed E-state index contributed by atoms with van der Waals surface area (Å²) in [5.74, 6) is 1.60. The molecule has 4 rings (SSSR count). The Hall–Kier alpha value is -3.08. The number of hydrogen-bond acceptors (Lipinski definition) is 4. The molecule has 5 nitrogen and oxygen atoms in total. The Morgan fingerprint density at radius 1 is 1.04 bits per heavy atom. The maximum Gasteiger partial charge on any atom is 0.226 e. The Morgan fingerprint density at radius 2 is 1.81 bits per heavy atom. The van der Waals surface area contributed by atoms with Crippen LogP contribution >= 0.6 is 0 Å². The van der Waals surface area contributed by atoms with Crippen LogP contribution in [0, 0.1) is 6.92 Å². The smallest absolute Gasteiger partial charge is 0.226 e. The van der Waals surface area contributed by atoms with Crippen molar-refractivity contribution in [1.29, 1.82) is 0 Å². The van der Waals surface area contributed by atoms with Crippen molar-refractivity contribution in [1.82, 2.24) is 9.88 Å². The Bertz CT molecular complexity index is 1030. The number of aromatic nitrogens is 1. The number of amides is 1. The highest BCUT2D eigenvalue weighted by atomic mass is 16.6. The van der Waals surface area contributed by atoms with Gasteiger partial charge in [-0.2, -0.15) is 0 Å². The van der Waals surface area contributed by atoms with Gasteiger partial charge in [0.2, 0.25) is 5.91 Å². The topological polar surface area (TPSA) is 51.7 Å². The fourth-order valence-corrected chi connectivity index (χ4v) is 3.24. The van der Waals surface area contributed by atoms with Crippen LogP contribution in [0.4, 0.5) is 0 Å². The number of ether oxygens (including phenoxy) is 2. The summed E-state index contributed by atoms with van der Waals surface area (Å²) in [6, 6.07) is 14.0. The van der Waals surface area contributed by atoms with Crippen LogP contribution in [-0.4, -0.2) is 43.1 Å². The maximum absolute atomic E-state index is 12.0. The van der Waals surface area contributed by atoms with E-state index in [2.05, 4.69) is 13.0 Å². The van der Waals surface area contributed by atoms with Crippen LogP contribution < -0.4 is 9.47 Å². The lowest BCUT2D eigenvalue weighted by Crippen LogP contribution is -2.23. The third kappa shape index (κ3) is 3.45. The van der Waals surface area contributed by atoms with Crippen molar-refractivity contribution in [3.63, 3.8) is 0 Å². The quantitative estimate of drug-likeness (QED) is 0.714. The lowest BCUT2D eigenvalue weighted by Gasteiger charge is -2.19. The molecule has 0 radical (unpaired) electrons. The number of likely N-dealkylation sites (N-methyl/N-ethyl adjacent to an activating group) is 1. The van der Waals surface area contributed by atoms with E-state index in [9.17, 15) is 4.79 Å². The first-order valence-electron chi connectivity index (χ1n) is 9.02. The molecule has 0 N–H and O–H groups in total. The van der Waals surface area contributed by atoms with Crippen LogP contribution in [0.15, 0.2) is 42.5 Å². The van der Waals surface area contributed by atoms with Gasteiger partial charge in [0, 0.05) is 25.0 Å². The fraction of sp³-hybridized carbons (Fsp3) is 0.273. The first-order chi connectivity index (χ1) is 13.0. The van der Waals surface area contributed by atoms with Crippen LogP contribution in [0.2, 0.25) is 0 Å². The average molecular weight is 362 g/mol.